The van der Waals surface area contributed by atoms with Crippen LogP contribution in [-0.4, -0.2) is 18.3 Å². The summed E-state index contributed by atoms with van der Waals surface area (Å²) in [6.45, 7) is 0.724. The smallest absolute Gasteiger partial charge is 0.224 e. The first-order chi connectivity index (χ1) is 9.24. The number of hydrogen-bond acceptors (Lipinski definition) is 1. The Morgan fingerprint density at radius 3 is 2.47 bits per heavy atom. The lowest BCUT2D eigenvalue weighted by Crippen LogP contribution is -2.40. The predicted octanol–water partition coefficient (Wildman–Crippen LogP) is 3.53. The van der Waals surface area contributed by atoms with Crippen LogP contribution in [0.2, 0.25) is 0 Å². The molecule has 0 atom stereocenters. The van der Waals surface area contributed by atoms with Crippen molar-refractivity contribution in [2.75, 3.05) is 12.4 Å². The largest absolute Gasteiger partial charge is 0.355 e. The summed E-state index contributed by atoms with van der Waals surface area (Å²) in [5.41, 5.74) is 1.19. The molecule has 1 aromatic rings. The van der Waals surface area contributed by atoms with E-state index in [1.165, 1.54) is 19.3 Å². The third-order valence-electron chi connectivity index (χ3n) is 4.07. The van der Waals surface area contributed by atoms with Gasteiger partial charge >= 0.3 is 0 Å². The zero-order chi connectivity index (χ0) is 13.6. The molecule has 1 amide bonds. The highest BCUT2D eigenvalue weighted by atomic mass is 35.5. The molecule has 0 radical (unpaired) electrons. The van der Waals surface area contributed by atoms with Crippen molar-refractivity contribution in [2.45, 2.75) is 38.5 Å². The van der Waals surface area contributed by atoms with Crippen LogP contribution in [0.1, 0.15) is 37.7 Å². The molecule has 0 bridgehead atoms. The summed E-state index contributed by atoms with van der Waals surface area (Å²) in [6.07, 6.45) is 6.52. The number of nitrogens with one attached hydrogen (secondary N) is 1. The van der Waals surface area contributed by atoms with Crippen molar-refractivity contribution in [3.63, 3.8) is 0 Å². The van der Waals surface area contributed by atoms with Crippen LogP contribution in [0.15, 0.2) is 30.3 Å². The van der Waals surface area contributed by atoms with E-state index in [-0.39, 0.29) is 11.3 Å². The van der Waals surface area contributed by atoms with Crippen molar-refractivity contribution in [1.82, 2.24) is 5.32 Å². The Hall–Kier alpha value is -1.02. The molecular formula is C16H22ClNO. The van der Waals surface area contributed by atoms with Crippen LogP contribution in [0.5, 0.6) is 0 Å². The third kappa shape index (κ3) is 4.24. The maximum Gasteiger partial charge on any atom is 0.224 e. The first kappa shape index (κ1) is 14.4. The number of halogens is 1. The Kier molecular flexibility index (Phi) is 5.26. The van der Waals surface area contributed by atoms with E-state index in [2.05, 4.69) is 5.32 Å². The molecule has 1 aliphatic carbocycles. The molecule has 19 heavy (non-hydrogen) atoms. The van der Waals surface area contributed by atoms with Gasteiger partial charge in [-0.1, -0.05) is 49.6 Å². The van der Waals surface area contributed by atoms with Gasteiger partial charge in [-0.2, -0.15) is 0 Å². The van der Waals surface area contributed by atoms with E-state index in [1.54, 1.807) is 0 Å². The van der Waals surface area contributed by atoms with Gasteiger partial charge in [0.05, 0.1) is 6.42 Å². The second kappa shape index (κ2) is 6.95. The molecule has 2 nitrogen and oxygen atoms in total. The van der Waals surface area contributed by atoms with E-state index in [1.807, 2.05) is 30.3 Å². The van der Waals surface area contributed by atoms with Gasteiger partial charge in [-0.25, -0.2) is 0 Å². The van der Waals surface area contributed by atoms with E-state index >= 15 is 0 Å². The minimum Gasteiger partial charge on any atom is -0.355 e. The fourth-order valence-corrected chi connectivity index (χ4v) is 3.15. The normalized spacial score (nSPS) is 17.9. The van der Waals surface area contributed by atoms with Gasteiger partial charge < -0.3 is 5.32 Å². The van der Waals surface area contributed by atoms with Crippen LogP contribution in [0.4, 0.5) is 0 Å². The summed E-state index contributed by atoms with van der Waals surface area (Å²) >= 11 is 6.13. The molecule has 0 aromatic heterocycles. The molecule has 1 aromatic carbocycles. The number of alkyl halides is 1. The highest BCUT2D eigenvalue weighted by Crippen LogP contribution is 2.36. The summed E-state index contributed by atoms with van der Waals surface area (Å²) in [6, 6.07) is 9.86. The molecule has 2 rings (SSSR count). The Balaban J connectivity index is 1.82. The number of rotatable bonds is 5. The van der Waals surface area contributed by atoms with Gasteiger partial charge in [-0.15, -0.1) is 11.6 Å². The first-order valence-electron chi connectivity index (χ1n) is 7.11. The van der Waals surface area contributed by atoms with Crippen molar-refractivity contribution in [3.05, 3.63) is 35.9 Å². The highest BCUT2D eigenvalue weighted by molar-refractivity contribution is 6.18. The molecular weight excluding hydrogens is 258 g/mol. The Morgan fingerprint density at radius 1 is 1.16 bits per heavy atom. The molecule has 0 spiro atoms. The monoisotopic (exact) mass is 279 g/mol. The lowest BCUT2D eigenvalue weighted by molar-refractivity contribution is -0.121. The average Bonchev–Trinajstić information content (AvgIpc) is 2.47. The predicted molar refractivity (Wildman–Crippen MR) is 79.4 cm³/mol. The zero-order valence-electron chi connectivity index (χ0n) is 11.3. The Morgan fingerprint density at radius 2 is 1.84 bits per heavy atom. The first-order valence-corrected chi connectivity index (χ1v) is 7.64. The molecule has 0 saturated heterocycles. The summed E-state index contributed by atoms with van der Waals surface area (Å²) < 4.78 is 0. The van der Waals surface area contributed by atoms with Crippen LogP contribution >= 0.6 is 11.6 Å². The summed E-state index contributed by atoms with van der Waals surface area (Å²) in [4.78, 5) is 12.0. The maximum atomic E-state index is 12.0. The number of carbonyl (C=O) groups is 1. The van der Waals surface area contributed by atoms with E-state index in [0.717, 1.165) is 24.9 Å². The van der Waals surface area contributed by atoms with Gasteiger partial charge in [0.15, 0.2) is 0 Å². The van der Waals surface area contributed by atoms with Gasteiger partial charge in [0.1, 0.15) is 0 Å². The number of hydrogen-bond donors (Lipinski definition) is 1. The van der Waals surface area contributed by atoms with Gasteiger partial charge in [0, 0.05) is 17.8 Å². The van der Waals surface area contributed by atoms with Crippen LogP contribution in [0, 0.1) is 5.41 Å². The molecule has 104 valence electrons. The maximum absolute atomic E-state index is 12.0. The zero-order valence-corrected chi connectivity index (χ0v) is 12.1. The minimum absolute atomic E-state index is 0.0984. The lowest BCUT2D eigenvalue weighted by Gasteiger charge is -2.35. The highest BCUT2D eigenvalue weighted by Gasteiger charge is 2.31. The van der Waals surface area contributed by atoms with E-state index < -0.39 is 0 Å². The van der Waals surface area contributed by atoms with Crippen molar-refractivity contribution < 1.29 is 4.79 Å². The summed E-state index contributed by atoms with van der Waals surface area (Å²) in [5, 5.41) is 3.07. The SMILES string of the molecule is O=C(Cc1ccccc1)NCC1(CCl)CCCCC1. The molecule has 1 N–H and O–H groups in total. The van der Waals surface area contributed by atoms with Gasteiger partial charge in [-0.3, -0.25) is 4.79 Å². The Labute approximate surface area is 120 Å². The summed E-state index contributed by atoms with van der Waals surface area (Å²) in [5.74, 6) is 0.750. The van der Waals surface area contributed by atoms with Crippen molar-refractivity contribution in [3.8, 4) is 0 Å². The molecule has 1 aliphatic rings. The lowest BCUT2D eigenvalue weighted by atomic mass is 9.75. The topological polar surface area (TPSA) is 29.1 Å². The van der Waals surface area contributed by atoms with Crippen molar-refractivity contribution in [1.29, 1.82) is 0 Å². The van der Waals surface area contributed by atoms with Gasteiger partial charge in [-0.05, 0) is 18.4 Å². The molecule has 1 saturated carbocycles. The Bertz CT molecular complexity index is 398. The fraction of sp³-hybridized carbons (Fsp3) is 0.562. The number of benzene rings is 1. The second-order valence-corrected chi connectivity index (χ2v) is 5.90. The molecule has 1 fully saturated rings. The second-order valence-electron chi connectivity index (χ2n) is 5.63. The van der Waals surface area contributed by atoms with Crippen LogP contribution in [0.3, 0.4) is 0 Å². The van der Waals surface area contributed by atoms with Gasteiger partial charge in [0.2, 0.25) is 5.91 Å². The molecule has 0 heterocycles. The number of amides is 1. The standard InChI is InChI=1S/C16H22ClNO/c17-12-16(9-5-2-6-10-16)13-18-15(19)11-14-7-3-1-4-8-14/h1,3-4,7-8H,2,5-6,9-13H2,(H,18,19). The fourth-order valence-electron chi connectivity index (χ4n) is 2.79. The minimum atomic E-state index is 0.0984. The molecule has 0 aliphatic heterocycles. The summed E-state index contributed by atoms with van der Waals surface area (Å²) in [7, 11) is 0. The van der Waals surface area contributed by atoms with E-state index in [4.69, 9.17) is 11.6 Å². The molecule has 3 heteroatoms. The molecule has 0 unspecified atom stereocenters. The third-order valence-corrected chi connectivity index (χ3v) is 4.63. The van der Waals surface area contributed by atoms with Crippen LogP contribution < -0.4 is 5.32 Å². The van der Waals surface area contributed by atoms with Crippen LogP contribution in [-0.2, 0) is 11.2 Å². The van der Waals surface area contributed by atoms with Crippen molar-refractivity contribution in [2.24, 2.45) is 5.41 Å². The van der Waals surface area contributed by atoms with Gasteiger partial charge in [0.25, 0.3) is 0 Å². The quantitative estimate of drug-likeness (QED) is 0.821. The van der Waals surface area contributed by atoms with Crippen LogP contribution in [0.25, 0.3) is 0 Å². The van der Waals surface area contributed by atoms with E-state index in [9.17, 15) is 4.79 Å². The average molecular weight is 280 g/mol. The van der Waals surface area contributed by atoms with E-state index in [0.29, 0.717) is 12.3 Å². The number of carbonyl (C=O) groups excluding carboxylic acids is 1. The van der Waals surface area contributed by atoms with Crippen molar-refractivity contribution >= 4 is 17.5 Å².